The summed E-state index contributed by atoms with van der Waals surface area (Å²) in [5.41, 5.74) is 0.584. The molecule has 0 radical (unpaired) electrons. The summed E-state index contributed by atoms with van der Waals surface area (Å²) in [6.07, 6.45) is 0. The van der Waals surface area contributed by atoms with Gasteiger partial charge in [-0.25, -0.2) is 8.42 Å². The second kappa shape index (κ2) is 9.06. The van der Waals surface area contributed by atoms with Crippen molar-refractivity contribution < 1.29 is 17.9 Å². The van der Waals surface area contributed by atoms with E-state index in [0.717, 1.165) is 0 Å². The molecule has 8 heteroatoms. The van der Waals surface area contributed by atoms with Gasteiger partial charge in [0, 0.05) is 23.0 Å². The number of likely N-dealkylation sites (N-methyl/N-ethyl adjacent to an activating group) is 1. The number of fused-ring (bicyclic) bond motifs is 1. The fourth-order valence-corrected chi connectivity index (χ4v) is 5.12. The first-order chi connectivity index (χ1) is 15.4. The molecule has 3 aromatic carbocycles. The highest BCUT2D eigenvalue weighted by Crippen LogP contribution is 2.32. The number of sulfone groups is 1. The average molecular weight is 469 g/mol. The summed E-state index contributed by atoms with van der Waals surface area (Å²) < 4.78 is 32.7. The van der Waals surface area contributed by atoms with E-state index in [1.807, 2.05) is 30.3 Å². The van der Waals surface area contributed by atoms with E-state index in [1.165, 1.54) is 29.2 Å². The quantitative estimate of drug-likeness (QED) is 0.422. The average Bonchev–Trinajstić information content (AvgIpc) is 3.20. The van der Waals surface area contributed by atoms with Crippen LogP contribution in [0.5, 0.6) is 5.75 Å². The highest BCUT2D eigenvalue weighted by molar-refractivity contribution is 7.91. The predicted molar refractivity (Wildman–Crippen MR) is 124 cm³/mol. The molecule has 164 valence electrons. The summed E-state index contributed by atoms with van der Waals surface area (Å²) in [4.78, 5) is 17.7. The lowest BCUT2D eigenvalue weighted by Crippen LogP contribution is -2.32. The number of carbonyl (C=O) groups is 1. The summed E-state index contributed by atoms with van der Waals surface area (Å²) in [7, 11) is -2.37. The molecule has 6 nitrogen and oxygen atoms in total. The Morgan fingerprint density at radius 2 is 1.62 bits per heavy atom. The molecule has 0 saturated heterocycles. The summed E-state index contributed by atoms with van der Waals surface area (Å²) in [5.74, 6) is 0.260. The molecular formula is C24H21ClN2O4S. The van der Waals surface area contributed by atoms with Crippen molar-refractivity contribution in [3.8, 4) is 5.75 Å². The summed E-state index contributed by atoms with van der Waals surface area (Å²) in [5, 5.41) is 0.886. The minimum absolute atomic E-state index is 0.0170. The van der Waals surface area contributed by atoms with Crippen LogP contribution in [0, 0.1) is 0 Å². The highest BCUT2D eigenvalue weighted by Gasteiger charge is 2.30. The molecule has 0 fully saturated rings. The molecule has 0 aliphatic rings. The SMILES string of the molecule is CN(CCOc1ccccc1)C(=O)c1[nH]c2ccccc2c1S(=O)(=O)c1ccc(Cl)cc1. The van der Waals surface area contributed by atoms with Gasteiger partial charge in [0.05, 0.1) is 11.4 Å². The Balaban J connectivity index is 1.66. The molecule has 0 spiro atoms. The van der Waals surface area contributed by atoms with Crippen molar-refractivity contribution >= 4 is 38.2 Å². The number of benzene rings is 3. The monoisotopic (exact) mass is 468 g/mol. The van der Waals surface area contributed by atoms with Gasteiger partial charge in [-0.1, -0.05) is 48.0 Å². The van der Waals surface area contributed by atoms with Crippen LogP contribution >= 0.6 is 11.6 Å². The number of H-pyrrole nitrogens is 1. The Kier molecular flexibility index (Phi) is 6.21. The van der Waals surface area contributed by atoms with Crippen LogP contribution in [0.3, 0.4) is 0 Å². The maximum absolute atomic E-state index is 13.5. The standard InChI is InChI=1S/C24H21ClN2O4S/c1-27(15-16-31-18-7-3-2-4-8-18)24(28)22-23(20-9-5-6-10-21(20)26-22)32(29,30)19-13-11-17(25)12-14-19/h2-14,26H,15-16H2,1H3. The fraction of sp³-hybridized carbons (Fsp3) is 0.125. The number of nitrogens with one attached hydrogen (secondary N) is 1. The number of ether oxygens (including phenoxy) is 1. The molecule has 1 N–H and O–H groups in total. The van der Waals surface area contributed by atoms with Gasteiger partial charge in [-0.05, 0) is 42.5 Å². The van der Waals surface area contributed by atoms with Crippen molar-refractivity contribution in [1.82, 2.24) is 9.88 Å². The van der Waals surface area contributed by atoms with Crippen LogP contribution in [0.25, 0.3) is 10.9 Å². The van der Waals surface area contributed by atoms with Crippen molar-refractivity contribution in [3.63, 3.8) is 0 Å². The first-order valence-electron chi connectivity index (χ1n) is 9.92. The van der Waals surface area contributed by atoms with Gasteiger partial charge in [-0.3, -0.25) is 4.79 Å². The molecule has 0 saturated carbocycles. The number of aromatic nitrogens is 1. The smallest absolute Gasteiger partial charge is 0.271 e. The van der Waals surface area contributed by atoms with Gasteiger partial charge < -0.3 is 14.6 Å². The number of amides is 1. The molecule has 0 bridgehead atoms. The van der Waals surface area contributed by atoms with E-state index in [2.05, 4.69) is 4.98 Å². The third-order valence-corrected chi connectivity index (χ3v) is 7.16. The Morgan fingerprint density at radius 1 is 0.969 bits per heavy atom. The largest absolute Gasteiger partial charge is 0.492 e. The van der Waals surface area contributed by atoms with E-state index in [0.29, 0.717) is 21.7 Å². The first kappa shape index (κ1) is 21.9. The molecule has 4 aromatic rings. The zero-order valence-electron chi connectivity index (χ0n) is 17.3. The number of halogens is 1. The van der Waals surface area contributed by atoms with Crippen molar-refractivity contribution in [2.45, 2.75) is 9.79 Å². The number of rotatable bonds is 7. The number of aromatic amines is 1. The zero-order valence-corrected chi connectivity index (χ0v) is 18.9. The minimum Gasteiger partial charge on any atom is -0.492 e. The van der Waals surface area contributed by atoms with Crippen LogP contribution in [0.1, 0.15) is 10.5 Å². The maximum Gasteiger partial charge on any atom is 0.271 e. The zero-order chi connectivity index (χ0) is 22.7. The van der Waals surface area contributed by atoms with E-state index in [1.54, 1.807) is 31.3 Å². The lowest BCUT2D eigenvalue weighted by Gasteiger charge is -2.18. The molecule has 1 amide bonds. The Morgan fingerprint density at radius 3 is 2.34 bits per heavy atom. The van der Waals surface area contributed by atoms with Crippen LogP contribution in [0.15, 0.2) is 88.7 Å². The van der Waals surface area contributed by atoms with Gasteiger partial charge in [-0.2, -0.15) is 0 Å². The number of hydrogen-bond donors (Lipinski definition) is 1. The van der Waals surface area contributed by atoms with Gasteiger partial charge in [0.1, 0.15) is 22.9 Å². The summed E-state index contributed by atoms with van der Waals surface area (Å²) >= 11 is 5.92. The normalized spacial score (nSPS) is 11.4. The maximum atomic E-state index is 13.5. The molecule has 32 heavy (non-hydrogen) atoms. The number of carbonyl (C=O) groups excluding carboxylic acids is 1. The van der Waals surface area contributed by atoms with Crippen LogP contribution < -0.4 is 4.74 Å². The van der Waals surface area contributed by atoms with Crippen LogP contribution in [0.4, 0.5) is 0 Å². The number of para-hydroxylation sites is 2. The van der Waals surface area contributed by atoms with E-state index >= 15 is 0 Å². The second-order valence-corrected chi connectivity index (χ2v) is 9.54. The molecular weight excluding hydrogens is 448 g/mol. The lowest BCUT2D eigenvalue weighted by molar-refractivity contribution is 0.0765. The second-order valence-electron chi connectivity index (χ2n) is 7.22. The third-order valence-electron chi connectivity index (χ3n) is 5.05. The summed E-state index contributed by atoms with van der Waals surface area (Å²) in [6, 6.07) is 22.1. The lowest BCUT2D eigenvalue weighted by atomic mass is 10.2. The third kappa shape index (κ3) is 4.35. The van der Waals surface area contributed by atoms with Crippen molar-refractivity contribution in [3.05, 3.63) is 89.6 Å². The van der Waals surface area contributed by atoms with Gasteiger partial charge in [0.2, 0.25) is 9.84 Å². The molecule has 0 aliphatic carbocycles. The predicted octanol–water partition coefficient (Wildman–Crippen LogP) is 4.81. The van der Waals surface area contributed by atoms with Crippen LogP contribution in [-0.2, 0) is 9.84 Å². The molecule has 0 aliphatic heterocycles. The summed E-state index contributed by atoms with van der Waals surface area (Å²) in [6.45, 7) is 0.551. The van der Waals surface area contributed by atoms with E-state index in [4.69, 9.17) is 16.3 Å². The van der Waals surface area contributed by atoms with Crippen molar-refractivity contribution in [2.75, 3.05) is 20.2 Å². The molecule has 4 rings (SSSR count). The van der Waals surface area contributed by atoms with Gasteiger partial charge in [0.25, 0.3) is 5.91 Å². The van der Waals surface area contributed by atoms with E-state index < -0.39 is 15.7 Å². The van der Waals surface area contributed by atoms with Crippen LogP contribution in [0.2, 0.25) is 5.02 Å². The number of hydrogen-bond acceptors (Lipinski definition) is 4. The first-order valence-corrected chi connectivity index (χ1v) is 11.8. The number of nitrogens with zero attached hydrogens (tertiary/aromatic N) is 1. The molecule has 0 unspecified atom stereocenters. The topological polar surface area (TPSA) is 79.5 Å². The molecule has 0 atom stereocenters. The highest BCUT2D eigenvalue weighted by atomic mass is 35.5. The van der Waals surface area contributed by atoms with Gasteiger partial charge in [0.15, 0.2) is 0 Å². The molecule has 1 aromatic heterocycles. The minimum atomic E-state index is -3.98. The Hall–Kier alpha value is -3.29. The Bertz CT molecular complexity index is 1350. The van der Waals surface area contributed by atoms with Crippen LogP contribution in [-0.4, -0.2) is 44.4 Å². The van der Waals surface area contributed by atoms with Gasteiger partial charge >= 0.3 is 0 Å². The Labute approximate surface area is 191 Å². The van der Waals surface area contributed by atoms with E-state index in [9.17, 15) is 13.2 Å². The van der Waals surface area contributed by atoms with E-state index in [-0.39, 0.29) is 28.6 Å². The van der Waals surface area contributed by atoms with Crippen molar-refractivity contribution in [1.29, 1.82) is 0 Å². The van der Waals surface area contributed by atoms with Gasteiger partial charge in [-0.15, -0.1) is 0 Å². The fourth-order valence-electron chi connectivity index (χ4n) is 3.39. The van der Waals surface area contributed by atoms with Crippen molar-refractivity contribution in [2.24, 2.45) is 0 Å². The molecule has 1 heterocycles.